The van der Waals surface area contributed by atoms with E-state index in [1.165, 1.54) is 16.8 Å². The van der Waals surface area contributed by atoms with Crippen LogP contribution in [0.5, 0.6) is 0 Å². The van der Waals surface area contributed by atoms with Gasteiger partial charge in [0.1, 0.15) is 6.26 Å². The third-order valence-corrected chi connectivity index (χ3v) is 4.41. The fourth-order valence-electron chi connectivity index (χ4n) is 3.18. The van der Waals surface area contributed by atoms with Gasteiger partial charge in [-0.05, 0) is 36.4 Å². The number of rotatable bonds is 2. The van der Waals surface area contributed by atoms with Gasteiger partial charge in [-0.3, -0.25) is 4.90 Å². The Kier molecular flexibility index (Phi) is 3.60. The summed E-state index contributed by atoms with van der Waals surface area (Å²) in [6.07, 6.45) is 3.29. The summed E-state index contributed by atoms with van der Waals surface area (Å²) in [6, 6.07) is 17.3. The summed E-state index contributed by atoms with van der Waals surface area (Å²) >= 11 is 0. The standard InChI is InChI=1S/C19H19N3O/c1-22-13-16-11-15(19-20-9-10-23-19)7-8-17(16)21-12-18(22)14-5-3-2-4-6-14/h2-11,18,21H,12-13H2,1H3. The largest absolute Gasteiger partial charge is 0.445 e. The SMILES string of the molecule is CN1Cc2cc(-c3ncco3)ccc2NCC1c1ccccc1. The van der Waals surface area contributed by atoms with Crippen LogP contribution in [0.2, 0.25) is 0 Å². The molecule has 4 rings (SSSR count). The van der Waals surface area contributed by atoms with Gasteiger partial charge in [-0.15, -0.1) is 0 Å². The predicted molar refractivity (Wildman–Crippen MR) is 91.1 cm³/mol. The number of likely N-dealkylation sites (N-methyl/N-ethyl adjacent to an activating group) is 1. The maximum absolute atomic E-state index is 5.41. The summed E-state index contributed by atoms with van der Waals surface area (Å²) in [5.41, 5.74) is 4.80. The molecule has 2 aromatic carbocycles. The Morgan fingerprint density at radius 3 is 2.83 bits per heavy atom. The molecule has 1 aliphatic rings. The van der Waals surface area contributed by atoms with Crippen molar-refractivity contribution in [1.82, 2.24) is 9.88 Å². The van der Waals surface area contributed by atoms with Crippen LogP contribution >= 0.6 is 0 Å². The molecule has 0 aliphatic carbocycles. The van der Waals surface area contributed by atoms with Crippen molar-refractivity contribution in [3.8, 4) is 11.5 Å². The Labute approximate surface area is 135 Å². The van der Waals surface area contributed by atoms with Gasteiger partial charge in [0.2, 0.25) is 5.89 Å². The predicted octanol–water partition coefficient (Wildman–Crippen LogP) is 3.94. The Hall–Kier alpha value is -2.59. The number of hydrogen-bond donors (Lipinski definition) is 1. The molecule has 1 aromatic heterocycles. The van der Waals surface area contributed by atoms with Crippen LogP contribution in [-0.2, 0) is 6.54 Å². The molecule has 1 N–H and O–H groups in total. The first-order chi connectivity index (χ1) is 11.3. The first-order valence-electron chi connectivity index (χ1n) is 7.83. The molecule has 0 saturated heterocycles. The third-order valence-electron chi connectivity index (χ3n) is 4.41. The second-order valence-corrected chi connectivity index (χ2v) is 5.93. The summed E-state index contributed by atoms with van der Waals surface area (Å²) in [5.74, 6) is 0.666. The molecule has 2 heterocycles. The molecule has 1 atom stereocenters. The molecule has 4 nitrogen and oxygen atoms in total. The van der Waals surface area contributed by atoms with Crippen molar-refractivity contribution in [2.24, 2.45) is 0 Å². The molecule has 0 saturated carbocycles. The van der Waals surface area contributed by atoms with Crippen molar-refractivity contribution < 1.29 is 4.42 Å². The topological polar surface area (TPSA) is 41.3 Å². The molecule has 0 spiro atoms. The smallest absolute Gasteiger partial charge is 0.225 e. The number of fused-ring (bicyclic) bond motifs is 1. The first kappa shape index (κ1) is 14.0. The molecule has 0 fully saturated rings. The minimum atomic E-state index is 0.355. The number of nitrogens with zero attached hydrogens (tertiary/aromatic N) is 2. The summed E-state index contributed by atoms with van der Waals surface area (Å²) in [4.78, 5) is 6.62. The molecule has 0 amide bonds. The van der Waals surface area contributed by atoms with Gasteiger partial charge in [0.15, 0.2) is 0 Å². The van der Waals surface area contributed by atoms with Crippen LogP contribution in [0.3, 0.4) is 0 Å². The van der Waals surface area contributed by atoms with Gasteiger partial charge in [0.05, 0.1) is 12.2 Å². The zero-order chi connectivity index (χ0) is 15.6. The number of anilines is 1. The lowest BCUT2D eigenvalue weighted by molar-refractivity contribution is 0.252. The highest BCUT2D eigenvalue weighted by molar-refractivity contribution is 5.63. The van der Waals surface area contributed by atoms with E-state index in [1.807, 2.05) is 0 Å². The van der Waals surface area contributed by atoms with E-state index in [0.717, 1.165) is 18.7 Å². The molecule has 1 aliphatic heterocycles. The molecule has 0 radical (unpaired) electrons. The quantitative estimate of drug-likeness (QED) is 0.778. The Morgan fingerprint density at radius 1 is 1.17 bits per heavy atom. The van der Waals surface area contributed by atoms with Gasteiger partial charge < -0.3 is 9.73 Å². The van der Waals surface area contributed by atoms with Crippen LogP contribution in [0.15, 0.2) is 65.4 Å². The summed E-state index contributed by atoms with van der Waals surface area (Å²) in [5, 5.41) is 3.58. The average Bonchev–Trinajstić information content (AvgIpc) is 3.06. The molecular weight excluding hydrogens is 286 g/mol. The molecule has 0 bridgehead atoms. The van der Waals surface area contributed by atoms with Crippen LogP contribution in [0.4, 0.5) is 5.69 Å². The summed E-state index contributed by atoms with van der Waals surface area (Å²) < 4.78 is 5.41. The summed E-state index contributed by atoms with van der Waals surface area (Å²) in [7, 11) is 2.17. The van der Waals surface area contributed by atoms with Gasteiger partial charge in [-0.25, -0.2) is 4.98 Å². The third kappa shape index (κ3) is 2.73. The van der Waals surface area contributed by atoms with Crippen molar-refractivity contribution in [3.63, 3.8) is 0 Å². The van der Waals surface area contributed by atoms with E-state index in [9.17, 15) is 0 Å². The van der Waals surface area contributed by atoms with Crippen molar-refractivity contribution >= 4 is 5.69 Å². The van der Waals surface area contributed by atoms with Gasteiger partial charge in [-0.2, -0.15) is 0 Å². The molecule has 116 valence electrons. The lowest BCUT2D eigenvalue weighted by atomic mass is 10.1. The number of hydrogen-bond acceptors (Lipinski definition) is 4. The normalized spacial score (nSPS) is 18.0. The van der Waals surface area contributed by atoms with E-state index in [-0.39, 0.29) is 0 Å². The zero-order valence-corrected chi connectivity index (χ0v) is 13.1. The van der Waals surface area contributed by atoms with E-state index in [1.54, 1.807) is 12.5 Å². The molecule has 3 aromatic rings. The monoisotopic (exact) mass is 305 g/mol. The zero-order valence-electron chi connectivity index (χ0n) is 13.1. The Bertz CT molecular complexity index is 784. The number of aromatic nitrogens is 1. The highest BCUT2D eigenvalue weighted by atomic mass is 16.3. The van der Waals surface area contributed by atoms with Crippen LogP contribution in [-0.4, -0.2) is 23.5 Å². The van der Waals surface area contributed by atoms with Crippen molar-refractivity contribution in [2.75, 3.05) is 18.9 Å². The summed E-state index contributed by atoms with van der Waals surface area (Å²) in [6.45, 7) is 1.78. The van der Waals surface area contributed by atoms with E-state index >= 15 is 0 Å². The average molecular weight is 305 g/mol. The minimum absolute atomic E-state index is 0.355. The Morgan fingerprint density at radius 2 is 2.04 bits per heavy atom. The van der Waals surface area contributed by atoms with Gasteiger partial charge >= 0.3 is 0 Å². The van der Waals surface area contributed by atoms with E-state index in [2.05, 4.69) is 70.8 Å². The molecule has 23 heavy (non-hydrogen) atoms. The highest BCUT2D eigenvalue weighted by Crippen LogP contribution is 2.31. The van der Waals surface area contributed by atoms with Crippen molar-refractivity contribution in [2.45, 2.75) is 12.6 Å². The van der Waals surface area contributed by atoms with Gasteiger partial charge in [0.25, 0.3) is 0 Å². The number of benzene rings is 2. The maximum Gasteiger partial charge on any atom is 0.225 e. The fourth-order valence-corrected chi connectivity index (χ4v) is 3.18. The van der Waals surface area contributed by atoms with Crippen LogP contribution in [0, 0.1) is 0 Å². The van der Waals surface area contributed by atoms with Crippen LogP contribution in [0.25, 0.3) is 11.5 Å². The Balaban J connectivity index is 1.65. The molecule has 4 heteroatoms. The number of oxazole rings is 1. The second-order valence-electron chi connectivity index (χ2n) is 5.93. The van der Waals surface area contributed by atoms with Crippen LogP contribution < -0.4 is 5.32 Å². The lowest BCUT2D eigenvalue weighted by Crippen LogP contribution is -2.26. The second kappa shape index (κ2) is 5.89. The lowest BCUT2D eigenvalue weighted by Gasteiger charge is -2.25. The van der Waals surface area contributed by atoms with Gasteiger partial charge in [0, 0.05) is 24.3 Å². The van der Waals surface area contributed by atoms with Crippen LogP contribution in [0.1, 0.15) is 17.2 Å². The minimum Gasteiger partial charge on any atom is -0.445 e. The first-order valence-corrected chi connectivity index (χ1v) is 7.83. The van der Waals surface area contributed by atoms with E-state index in [4.69, 9.17) is 4.42 Å². The molecular formula is C19H19N3O. The van der Waals surface area contributed by atoms with E-state index < -0.39 is 0 Å². The molecule has 1 unspecified atom stereocenters. The van der Waals surface area contributed by atoms with Crippen molar-refractivity contribution in [3.05, 3.63) is 72.1 Å². The number of nitrogens with one attached hydrogen (secondary N) is 1. The highest BCUT2D eigenvalue weighted by Gasteiger charge is 2.22. The maximum atomic E-state index is 5.41. The van der Waals surface area contributed by atoms with E-state index in [0.29, 0.717) is 11.9 Å². The van der Waals surface area contributed by atoms with Crippen molar-refractivity contribution in [1.29, 1.82) is 0 Å². The van der Waals surface area contributed by atoms with Gasteiger partial charge in [-0.1, -0.05) is 30.3 Å². The fraction of sp³-hybridized carbons (Fsp3) is 0.211.